The van der Waals surface area contributed by atoms with Crippen molar-refractivity contribution in [2.24, 2.45) is 0 Å². The van der Waals surface area contributed by atoms with Crippen LogP contribution in [0.25, 0.3) is 0 Å². The zero-order valence-electron chi connectivity index (χ0n) is 4.70. The van der Waals surface area contributed by atoms with Crippen molar-refractivity contribution in [2.75, 3.05) is 0 Å². The van der Waals surface area contributed by atoms with Crippen molar-refractivity contribution < 1.29 is 0 Å². The molecule has 0 N–H and O–H groups in total. The van der Waals surface area contributed by atoms with Crippen molar-refractivity contribution in [2.45, 2.75) is 18.0 Å². The molecule has 0 spiro atoms. The Hall–Kier alpha value is 0.434. The summed E-state index contributed by atoms with van der Waals surface area (Å²) in [5, 5.41) is 1.11. The maximum atomic E-state index is 3.77. The molecule has 0 unspecified atom stereocenters. The van der Waals surface area contributed by atoms with Gasteiger partial charge in [-0.05, 0) is 0 Å². The van der Waals surface area contributed by atoms with Gasteiger partial charge in [-0.1, -0.05) is 24.9 Å². The van der Waals surface area contributed by atoms with Gasteiger partial charge in [0.15, 0.2) is 0 Å². The first kappa shape index (κ1) is 6.43. The van der Waals surface area contributed by atoms with Crippen LogP contribution in [-0.2, 0) is 0 Å². The van der Waals surface area contributed by atoms with Crippen LogP contribution in [0.1, 0.15) is 12.8 Å². The molecule has 0 aromatic heterocycles. The number of hydrogen-bond donors (Lipinski definition) is 0. The summed E-state index contributed by atoms with van der Waals surface area (Å²) in [6.45, 7) is 3.77. The molecule has 6 heavy (non-hydrogen) atoms. The fourth-order valence-corrected chi connectivity index (χ4v) is 1.22. The van der Waals surface area contributed by atoms with Crippen molar-refractivity contribution in [3.63, 3.8) is 0 Å². The lowest BCUT2D eigenvalue weighted by Crippen LogP contribution is -1.87. The lowest BCUT2D eigenvalue weighted by Gasteiger charge is -1.95. The van der Waals surface area contributed by atoms with Crippen LogP contribution < -0.4 is 0 Å². The molecule has 37 valence electrons. The summed E-state index contributed by atoms with van der Waals surface area (Å²) in [6.07, 6.45) is 2.54. The van der Waals surface area contributed by atoms with E-state index >= 15 is 0 Å². The summed E-state index contributed by atoms with van der Waals surface area (Å²) in [7, 11) is 2.80. The maximum absolute atomic E-state index is 3.77. The normalized spacial score (nSPS) is 15.5. The lowest BCUT2D eigenvalue weighted by atomic mass is 10.4. The standard InChI is InChI=1S/C4H13Si2/c1-2-3-4(5)6/h4H,1-3H2,5-6H3. The number of rotatable bonds is 2. The van der Waals surface area contributed by atoms with E-state index in [-0.39, 0.29) is 0 Å². The molecular formula is C4H13Si2. The van der Waals surface area contributed by atoms with Crippen molar-refractivity contribution in [1.82, 2.24) is 0 Å². The molecule has 1 radical (unpaired) electrons. The smallest absolute Gasteiger partial charge is 0.00245 e. The Morgan fingerprint density at radius 1 is 1.50 bits per heavy atom. The van der Waals surface area contributed by atoms with E-state index in [2.05, 4.69) is 6.92 Å². The van der Waals surface area contributed by atoms with Crippen LogP contribution >= 0.6 is 0 Å². The molecule has 0 aromatic rings. The minimum atomic E-state index is 1.11. The average Bonchev–Trinajstić information content (AvgIpc) is 1.35. The zero-order chi connectivity index (χ0) is 4.99. The molecule has 2 heteroatoms. The van der Waals surface area contributed by atoms with E-state index in [4.69, 9.17) is 0 Å². The minimum Gasteiger partial charge on any atom is -0.0662 e. The Balaban J connectivity index is 2.63. The third-order valence-corrected chi connectivity index (χ3v) is 1.94. The molecule has 0 saturated carbocycles. The van der Waals surface area contributed by atoms with Gasteiger partial charge in [0.25, 0.3) is 0 Å². The van der Waals surface area contributed by atoms with Gasteiger partial charge in [0.1, 0.15) is 0 Å². The van der Waals surface area contributed by atoms with E-state index < -0.39 is 0 Å². The Bertz CT molecular complexity index is 26.7. The second-order valence-electron chi connectivity index (χ2n) is 2.04. The summed E-state index contributed by atoms with van der Waals surface area (Å²) in [4.78, 5) is 0. The average molecular weight is 117 g/mol. The quantitative estimate of drug-likeness (QED) is 0.410. The van der Waals surface area contributed by atoms with E-state index in [1.807, 2.05) is 0 Å². The van der Waals surface area contributed by atoms with Crippen LogP contribution in [0.15, 0.2) is 0 Å². The van der Waals surface area contributed by atoms with Gasteiger partial charge in [0, 0.05) is 20.5 Å². The molecule has 0 bridgehead atoms. The van der Waals surface area contributed by atoms with Gasteiger partial charge in [0.05, 0.1) is 0 Å². The van der Waals surface area contributed by atoms with Crippen molar-refractivity contribution in [3.8, 4) is 0 Å². The van der Waals surface area contributed by atoms with E-state index in [0.717, 1.165) is 11.6 Å². The summed E-state index contributed by atoms with van der Waals surface area (Å²) >= 11 is 0. The largest absolute Gasteiger partial charge is 0.0662 e. The monoisotopic (exact) mass is 117 g/mol. The van der Waals surface area contributed by atoms with Gasteiger partial charge in [-0.25, -0.2) is 0 Å². The molecule has 0 aromatic carbocycles. The van der Waals surface area contributed by atoms with Gasteiger partial charge < -0.3 is 0 Å². The molecule has 0 fully saturated rings. The molecular weight excluding hydrogens is 104 g/mol. The van der Waals surface area contributed by atoms with E-state index in [9.17, 15) is 0 Å². The third kappa shape index (κ3) is 4.43. The maximum Gasteiger partial charge on any atom is 0.00245 e. The third-order valence-electron chi connectivity index (χ3n) is 0.781. The molecule has 0 aliphatic heterocycles. The molecule has 0 atom stereocenters. The van der Waals surface area contributed by atoms with Gasteiger partial charge in [-0.2, -0.15) is 0 Å². The fraction of sp³-hybridized carbons (Fsp3) is 0.750. The Kier molecular flexibility index (Phi) is 3.88. The van der Waals surface area contributed by atoms with E-state index in [1.54, 1.807) is 0 Å². The second-order valence-corrected chi connectivity index (χ2v) is 8.29. The number of hydrogen-bond acceptors (Lipinski definition) is 0. The predicted octanol–water partition coefficient (Wildman–Crippen LogP) is -0.923. The highest BCUT2D eigenvalue weighted by Crippen LogP contribution is 1.99. The first-order valence-electron chi connectivity index (χ1n) is 2.56. The zero-order valence-corrected chi connectivity index (χ0v) is 8.70. The molecule has 0 saturated heterocycles. The van der Waals surface area contributed by atoms with E-state index in [0.29, 0.717) is 0 Å². The Morgan fingerprint density at radius 2 is 2.00 bits per heavy atom. The molecule has 0 aliphatic rings. The molecule has 0 heterocycles. The van der Waals surface area contributed by atoms with Crippen molar-refractivity contribution in [1.29, 1.82) is 0 Å². The lowest BCUT2D eigenvalue weighted by molar-refractivity contribution is 0.912. The van der Waals surface area contributed by atoms with Crippen LogP contribution in [0.5, 0.6) is 0 Å². The minimum absolute atomic E-state index is 1.11. The summed E-state index contributed by atoms with van der Waals surface area (Å²) in [5.74, 6) is 0. The Labute approximate surface area is 46.2 Å². The van der Waals surface area contributed by atoms with Crippen molar-refractivity contribution >= 4 is 20.5 Å². The summed E-state index contributed by atoms with van der Waals surface area (Å²) in [6, 6.07) is 0. The molecule has 0 amide bonds. The topological polar surface area (TPSA) is 0 Å². The van der Waals surface area contributed by atoms with Crippen LogP contribution in [-0.4, -0.2) is 20.5 Å². The molecule has 0 rings (SSSR count). The Morgan fingerprint density at radius 3 is 2.00 bits per heavy atom. The molecule has 0 nitrogen and oxygen atoms in total. The summed E-state index contributed by atoms with van der Waals surface area (Å²) < 4.78 is 0. The van der Waals surface area contributed by atoms with E-state index in [1.165, 1.54) is 26.9 Å². The highest BCUT2D eigenvalue weighted by Gasteiger charge is 1.86. The molecule has 0 aliphatic carbocycles. The van der Waals surface area contributed by atoms with Crippen LogP contribution in [0.2, 0.25) is 5.16 Å². The van der Waals surface area contributed by atoms with Gasteiger partial charge in [0.2, 0.25) is 0 Å². The predicted molar refractivity (Wildman–Crippen MR) is 38.2 cm³/mol. The van der Waals surface area contributed by atoms with Crippen molar-refractivity contribution in [3.05, 3.63) is 6.92 Å². The second kappa shape index (κ2) is 3.62. The first-order valence-corrected chi connectivity index (χ1v) is 4.87. The van der Waals surface area contributed by atoms with Crippen LogP contribution in [0, 0.1) is 6.92 Å². The SMILES string of the molecule is [CH2]CCC([SiH3])[SiH3]. The fourth-order valence-electron chi connectivity index (χ4n) is 0.408. The van der Waals surface area contributed by atoms with Crippen LogP contribution in [0.3, 0.4) is 0 Å². The van der Waals surface area contributed by atoms with Gasteiger partial charge in [-0.15, -0.1) is 0 Å². The highest BCUT2D eigenvalue weighted by molar-refractivity contribution is 6.35. The van der Waals surface area contributed by atoms with Crippen LogP contribution in [0.4, 0.5) is 0 Å². The summed E-state index contributed by atoms with van der Waals surface area (Å²) in [5.41, 5.74) is 0. The first-order chi connectivity index (χ1) is 2.77. The highest BCUT2D eigenvalue weighted by atomic mass is 28.2. The van der Waals surface area contributed by atoms with Gasteiger partial charge >= 0.3 is 0 Å². The van der Waals surface area contributed by atoms with Gasteiger partial charge in [-0.3, -0.25) is 0 Å².